The summed E-state index contributed by atoms with van der Waals surface area (Å²) in [5.41, 5.74) is 0. The second-order valence-electron chi connectivity index (χ2n) is 4.77. The van der Waals surface area contributed by atoms with Crippen molar-refractivity contribution >= 4 is 11.3 Å². The summed E-state index contributed by atoms with van der Waals surface area (Å²) in [5.74, 6) is 1.81. The Labute approximate surface area is 112 Å². The second-order valence-corrected chi connectivity index (χ2v) is 6.02. The molecule has 2 heterocycles. The Morgan fingerprint density at radius 3 is 2.61 bits per heavy atom. The highest BCUT2D eigenvalue weighted by Gasteiger charge is 2.06. The maximum absolute atomic E-state index is 4.39. The molecule has 2 aromatic rings. The molecule has 0 radical (unpaired) electrons. The number of thiophene rings is 1. The van der Waals surface area contributed by atoms with Gasteiger partial charge in [-0.3, -0.25) is 0 Å². The molecule has 0 aromatic carbocycles. The maximum atomic E-state index is 4.39. The zero-order valence-corrected chi connectivity index (χ0v) is 12.2. The van der Waals surface area contributed by atoms with E-state index < -0.39 is 0 Å². The van der Waals surface area contributed by atoms with Gasteiger partial charge >= 0.3 is 0 Å². The molecule has 2 aromatic heterocycles. The Morgan fingerprint density at radius 1 is 1.28 bits per heavy atom. The van der Waals surface area contributed by atoms with Gasteiger partial charge in [0.25, 0.3) is 0 Å². The van der Waals surface area contributed by atoms with Gasteiger partial charge < -0.3 is 5.32 Å². The largest absolute Gasteiger partial charge is 0.310 e. The number of aryl methyl sites for hydroxylation is 2. The van der Waals surface area contributed by atoms with Crippen LogP contribution in [0.3, 0.4) is 0 Å². The monoisotopic (exact) mass is 264 g/mol. The fourth-order valence-electron chi connectivity index (χ4n) is 1.77. The van der Waals surface area contributed by atoms with Gasteiger partial charge in [-0.15, -0.1) is 11.3 Å². The summed E-state index contributed by atoms with van der Waals surface area (Å²) < 4.78 is 1.96. The van der Waals surface area contributed by atoms with E-state index in [9.17, 15) is 0 Å². The van der Waals surface area contributed by atoms with Gasteiger partial charge in [0, 0.05) is 22.3 Å². The molecule has 0 aliphatic rings. The molecule has 0 amide bonds. The molecule has 0 saturated heterocycles. The van der Waals surface area contributed by atoms with Crippen molar-refractivity contribution in [1.29, 1.82) is 0 Å². The van der Waals surface area contributed by atoms with E-state index in [2.05, 4.69) is 41.4 Å². The normalized spacial score (nSPS) is 11.4. The van der Waals surface area contributed by atoms with E-state index in [4.69, 9.17) is 0 Å². The first-order valence-corrected chi connectivity index (χ1v) is 7.05. The zero-order chi connectivity index (χ0) is 13.1. The van der Waals surface area contributed by atoms with Crippen molar-refractivity contribution in [3.8, 4) is 0 Å². The predicted octanol–water partition coefficient (Wildman–Crippen LogP) is 2.50. The topological polar surface area (TPSA) is 42.7 Å². The molecular formula is C13H20N4S. The van der Waals surface area contributed by atoms with Gasteiger partial charge in [0.1, 0.15) is 11.6 Å². The third kappa shape index (κ3) is 3.40. The molecule has 0 saturated carbocycles. The fraction of sp³-hybridized carbons (Fsp3) is 0.538. The summed E-state index contributed by atoms with van der Waals surface area (Å²) in [6, 6.07) is 4.89. The first kappa shape index (κ1) is 13.2. The van der Waals surface area contributed by atoms with Gasteiger partial charge in [0.05, 0.1) is 6.54 Å². The SMILES string of the molecule is Cc1nc(C)n(Cc2ccc(CNC(C)C)s2)n1. The summed E-state index contributed by atoms with van der Waals surface area (Å²) in [7, 11) is 0. The molecule has 0 spiro atoms. The molecule has 1 N–H and O–H groups in total. The van der Waals surface area contributed by atoms with Crippen molar-refractivity contribution in [2.24, 2.45) is 0 Å². The summed E-state index contributed by atoms with van der Waals surface area (Å²) in [4.78, 5) is 7.01. The average Bonchev–Trinajstić information content (AvgIpc) is 2.84. The minimum Gasteiger partial charge on any atom is -0.310 e. The molecule has 98 valence electrons. The lowest BCUT2D eigenvalue weighted by Crippen LogP contribution is -2.21. The van der Waals surface area contributed by atoms with Crippen LogP contribution in [-0.2, 0) is 13.1 Å². The van der Waals surface area contributed by atoms with Crippen molar-refractivity contribution in [3.05, 3.63) is 33.5 Å². The van der Waals surface area contributed by atoms with E-state index in [-0.39, 0.29) is 0 Å². The molecule has 0 bridgehead atoms. The molecule has 0 unspecified atom stereocenters. The smallest absolute Gasteiger partial charge is 0.147 e. The van der Waals surface area contributed by atoms with Gasteiger partial charge in [0.15, 0.2) is 0 Å². The number of nitrogens with one attached hydrogen (secondary N) is 1. The number of hydrogen-bond acceptors (Lipinski definition) is 4. The lowest BCUT2D eigenvalue weighted by atomic mass is 10.3. The third-order valence-electron chi connectivity index (χ3n) is 2.67. The van der Waals surface area contributed by atoms with Crippen molar-refractivity contribution in [1.82, 2.24) is 20.1 Å². The molecule has 0 aliphatic heterocycles. The standard InChI is InChI=1S/C13H20N4S/c1-9(2)14-7-12-5-6-13(18-12)8-17-11(4)15-10(3)16-17/h5-6,9,14H,7-8H2,1-4H3. The van der Waals surface area contributed by atoms with Gasteiger partial charge in [-0.25, -0.2) is 9.67 Å². The van der Waals surface area contributed by atoms with Crippen molar-refractivity contribution < 1.29 is 0 Å². The molecule has 5 heteroatoms. The van der Waals surface area contributed by atoms with Crippen LogP contribution in [0.2, 0.25) is 0 Å². The first-order chi connectivity index (χ1) is 8.54. The third-order valence-corrected chi connectivity index (χ3v) is 3.74. The summed E-state index contributed by atoms with van der Waals surface area (Å²) >= 11 is 1.84. The first-order valence-electron chi connectivity index (χ1n) is 6.23. The Morgan fingerprint density at radius 2 is 2.00 bits per heavy atom. The highest BCUT2D eigenvalue weighted by atomic mass is 32.1. The van der Waals surface area contributed by atoms with Crippen LogP contribution >= 0.6 is 11.3 Å². The minimum absolute atomic E-state index is 0.524. The average molecular weight is 264 g/mol. The fourth-order valence-corrected chi connectivity index (χ4v) is 2.72. The number of rotatable bonds is 5. The number of hydrogen-bond donors (Lipinski definition) is 1. The van der Waals surface area contributed by atoms with Gasteiger partial charge in [-0.1, -0.05) is 13.8 Å². The lowest BCUT2D eigenvalue weighted by molar-refractivity contribution is 0.593. The minimum atomic E-state index is 0.524. The van der Waals surface area contributed by atoms with Crippen LogP contribution in [-0.4, -0.2) is 20.8 Å². The molecular weight excluding hydrogens is 244 g/mol. The van der Waals surface area contributed by atoms with E-state index in [1.165, 1.54) is 9.75 Å². The molecule has 2 rings (SSSR count). The lowest BCUT2D eigenvalue weighted by Gasteiger charge is -2.05. The summed E-state index contributed by atoms with van der Waals surface area (Å²) in [6.45, 7) is 10.0. The number of nitrogens with zero attached hydrogens (tertiary/aromatic N) is 3. The maximum Gasteiger partial charge on any atom is 0.147 e. The van der Waals surface area contributed by atoms with E-state index in [1.54, 1.807) is 0 Å². The van der Waals surface area contributed by atoms with Crippen LogP contribution in [0.1, 0.15) is 35.3 Å². The number of aromatic nitrogens is 3. The van der Waals surface area contributed by atoms with E-state index >= 15 is 0 Å². The molecule has 18 heavy (non-hydrogen) atoms. The van der Waals surface area contributed by atoms with Crippen molar-refractivity contribution in [2.75, 3.05) is 0 Å². The molecule has 0 fully saturated rings. The van der Waals surface area contributed by atoms with Crippen molar-refractivity contribution in [3.63, 3.8) is 0 Å². The highest BCUT2D eigenvalue weighted by Crippen LogP contribution is 2.18. The van der Waals surface area contributed by atoms with Gasteiger partial charge in [-0.05, 0) is 26.0 Å². The Kier molecular flexibility index (Phi) is 4.14. The Bertz CT molecular complexity index is 513. The molecule has 4 nitrogen and oxygen atoms in total. The molecule has 0 atom stereocenters. The van der Waals surface area contributed by atoms with E-state index in [1.807, 2.05) is 29.9 Å². The van der Waals surface area contributed by atoms with Crippen LogP contribution < -0.4 is 5.32 Å². The molecule has 0 aliphatic carbocycles. The Balaban J connectivity index is 2.00. The van der Waals surface area contributed by atoms with Crippen LogP contribution in [0, 0.1) is 13.8 Å². The summed E-state index contributed by atoms with van der Waals surface area (Å²) in [6.07, 6.45) is 0. The predicted molar refractivity (Wildman–Crippen MR) is 74.9 cm³/mol. The van der Waals surface area contributed by atoms with Crippen molar-refractivity contribution in [2.45, 2.75) is 46.8 Å². The van der Waals surface area contributed by atoms with Crippen LogP contribution in [0.25, 0.3) is 0 Å². The van der Waals surface area contributed by atoms with Gasteiger partial charge in [0.2, 0.25) is 0 Å². The second kappa shape index (κ2) is 5.63. The van der Waals surface area contributed by atoms with Crippen LogP contribution in [0.5, 0.6) is 0 Å². The zero-order valence-electron chi connectivity index (χ0n) is 11.4. The van der Waals surface area contributed by atoms with Crippen LogP contribution in [0.4, 0.5) is 0 Å². The highest BCUT2D eigenvalue weighted by molar-refractivity contribution is 7.11. The van der Waals surface area contributed by atoms with Gasteiger partial charge in [-0.2, -0.15) is 5.10 Å². The quantitative estimate of drug-likeness (QED) is 0.902. The van der Waals surface area contributed by atoms with Crippen LogP contribution in [0.15, 0.2) is 12.1 Å². The van der Waals surface area contributed by atoms with E-state index in [0.717, 1.165) is 24.7 Å². The summed E-state index contributed by atoms with van der Waals surface area (Å²) in [5, 5.41) is 7.82. The van der Waals surface area contributed by atoms with E-state index in [0.29, 0.717) is 6.04 Å². The Hall–Kier alpha value is -1.20.